The molecule has 0 aromatic heterocycles. The first-order valence-electron chi connectivity index (χ1n) is 4.68. The summed E-state index contributed by atoms with van der Waals surface area (Å²) < 4.78 is 35.8. The highest BCUT2D eigenvalue weighted by Gasteiger charge is 2.28. The molecule has 0 aromatic rings. The molecule has 0 amide bonds. The van der Waals surface area contributed by atoms with Gasteiger partial charge >= 0.3 is 6.18 Å². The average Bonchev–Trinajstić information content (AvgIpc) is 1.96. The van der Waals surface area contributed by atoms with Crippen LogP contribution in [0.15, 0.2) is 0 Å². The van der Waals surface area contributed by atoms with Crippen molar-refractivity contribution in [2.24, 2.45) is 0 Å². The predicted octanol–water partition coefficient (Wildman–Crippen LogP) is 1.82. The van der Waals surface area contributed by atoms with Crippen LogP contribution in [0.4, 0.5) is 13.2 Å². The molecule has 5 heteroatoms. The van der Waals surface area contributed by atoms with E-state index in [4.69, 9.17) is 0 Å². The first-order chi connectivity index (χ1) is 6.22. The van der Waals surface area contributed by atoms with Crippen LogP contribution in [0.3, 0.4) is 0 Å². The Kier molecular flexibility index (Phi) is 5.44. The molecular weight excluding hydrogens is 193 g/mol. The number of likely N-dealkylation sites (N-methyl/N-ethyl adjacent to an activating group) is 2. The molecule has 0 aliphatic heterocycles. The van der Waals surface area contributed by atoms with E-state index in [1.54, 1.807) is 0 Å². The van der Waals surface area contributed by atoms with Gasteiger partial charge in [-0.25, -0.2) is 0 Å². The van der Waals surface area contributed by atoms with Crippen molar-refractivity contribution in [2.75, 3.05) is 33.7 Å². The van der Waals surface area contributed by atoms with Gasteiger partial charge in [-0.2, -0.15) is 13.2 Å². The highest BCUT2D eigenvalue weighted by Crippen LogP contribution is 2.15. The molecule has 2 nitrogen and oxygen atoms in total. The largest absolute Gasteiger partial charge is 0.401 e. The van der Waals surface area contributed by atoms with Crippen molar-refractivity contribution in [1.82, 2.24) is 9.80 Å². The molecule has 0 radical (unpaired) electrons. The molecule has 86 valence electrons. The standard InChI is InChI=1S/C9H19F3N2/c1-8(2)14(4)6-5-13(3)7-9(10,11)12/h8H,5-7H2,1-4H3. The molecule has 14 heavy (non-hydrogen) atoms. The van der Waals surface area contributed by atoms with E-state index in [1.165, 1.54) is 11.9 Å². The van der Waals surface area contributed by atoms with Crippen LogP contribution in [0, 0.1) is 0 Å². The van der Waals surface area contributed by atoms with Gasteiger partial charge < -0.3 is 4.90 Å². The van der Waals surface area contributed by atoms with Gasteiger partial charge in [0.15, 0.2) is 0 Å². The van der Waals surface area contributed by atoms with Crippen molar-refractivity contribution in [2.45, 2.75) is 26.1 Å². The maximum absolute atomic E-state index is 11.9. The maximum Gasteiger partial charge on any atom is 0.401 e. The SMILES string of the molecule is CC(C)N(C)CCN(C)CC(F)(F)F. The number of hydrogen-bond donors (Lipinski definition) is 0. The van der Waals surface area contributed by atoms with Gasteiger partial charge in [0.1, 0.15) is 0 Å². The second-order valence-electron chi connectivity index (χ2n) is 3.93. The zero-order valence-electron chi connectivity index (χ0n) is 9.23. The third kappa shape index (κ3) is 7.15. The Balaban J connectivity index is 3.69. The van der Waals surface area contributed by atoms with Crippen LogP contribution in [0.2, 0.25) is 0 Å². The molecule has 0 aliphatic rings. The summed E-state index contributed by atoms with van der Waals surface area (Å²) in [5.74, 6) is 0. The third-order valence-corrected chi connectivity index (χ3v) is 2.17. The highest BCUT2D eigenvalue weighted by molar-refractivity contribution is 4.63. The second kappa shape index (κ2) is 5.56. The van der Waals surface area contributed by atoms with Gasteiger partial charge in [0.2, 0.25) is 0 Å². The van der Waals surface area contributed by atoms with Crippen molar-refractivity contribution in [1.29, 1.82) is 0 Å². The number of alkyl halides is 3. The van der Waals surface area contributed by atoms with Crippen LogP contribution >= 0.6 is 0 Å². The van der Waals surface area contributed by atoms with E-state index in [-0.39, 0.29) is 0 Å². The molecule has 0 unspecified atom stereocenters. The normalized spacial score (nSPS) is 13.3. The Hall–Kier alpha value is -0.290. The molecule has 0 heterocycles. The van der Waals surface area contributed by atoms with E-state index in [9.17, 15) is 13.2 Å². The fraction of sp³-hybridized carbons (Fsp3) is 1.00. The molecule has 0 atom stereocenters. The Bertz CT molecular complexity index is 157. The van der Waals surface area contributed by atoms with Crippen LogP contribution in [0.25, 0.3) is 0 Å². The summed E-state index contributed by atoms with van der Waals surface area (Å²) in [6.07, 6.45) is -4.09. The lowest BCUT2D eigenvalue weighted by Crippen LogP contribution is -2.38. The summed E-state index contributed by atoms with van der Waals surface area (Å²) in [4.78, 5) is 3.31. The van der Waals surface area contributed by atoms with Crippen LogP contribution in [0.1, 0.15) is 13.8 Å². The smallest absolute Gasteiger partial charge is 0.303 e. The molecule has 0 N–H and O–H groups in total. The summed E-state index contributed by atoms with van der Waals surface area (Å²) in [5.41, 5.74) is 0. The van der Waals surface area contributed by atoms with Gasteiger partial charge in [-0.3, -0.25) is 4.90 Å². The number of nitrogens with zero attached hydrogens (tertiary/aromatic N) is 2. The molecular formula is C9H19F3N2. The number of hydrogen-bond acceptors (Lipinski definition) is 2. The molecule has 0 aromatic carbocycles. The molecule has 0 bridgehead atoms. The monoisotopic (exact) mass is 212 g/mol. The summed E-state index contributed by atoms with van der Waals surface area (Å²) >= 11 is 0. The van der Waals surface area contributed by atoms with Crippen molar-refractivity contribution < 1.29 is 13.2 Å². The minimum atomic E-state index is -4.09. The Morgan fingerprint density at radius 3 is 1.93 bits per heavy atom. The summed E-state index contributed by atoms with van der Waals surface area (Å²) in [6.45, 7) is 4.30. The van der Waals surface area contributed by atoms with Crippen LogP contribution in [-0.2, 0) is 0 Å². The lowest BCUT2D eigenvalue weighted by molar-refractivity contribution is -0.143. The Labute approximate surface area is 83.7 Å². The molecule has 0 fully saturated rings. The maximum atomic E-state index is 11.9. The summed E-state index contributed by atoms with van der Waals surface area (Å²) in [7, 11) is 3.40. The number of rotatable bonds is 5. The average molecular weight is 212 g/mol. The lowest BCUT2D eigenvalue weighted by Gasteiger charge is -2.25. The zero-order valence-corrected chi connectivity index (χ0v) is 9.23. The minimum absolute atomic E-state index is 0.370. The highest BCUT2D eigenvalue weighted by atomic mass is 19.4. The fourth-order valence-electron chi connectivity index (χ4n) is 0.972. The topological polar surface area (TPSA) is 6.48 Å². The van der Waals surface area contributed by atoms with Gasteiger partial charge in [-0.15, -0.1) is 0 Å². The lowest BCUT2D eigenvalue weighted by atomic mass is 10.3. The Morgan fingerprint density at radius 1 is 1.07 bits per heavy atom. The quantitative estimate of drug-likeness (QED) is 0.686. The van der Waals surface area contributed by atoms with Crippen molar-refractivity contribution in [3.63, 3.8) is 0 Å². The van der Waals surface area contributed by atoms with Crippen LogP contribution in [-0.4, -0.2) is 55.7 Å². The van der Waals surface area contributed by atoms with E-state index in [0.29, 0.717) is 19.1 Å². The zero-order chi connectivity index (χ0) is 11.4. The van der Waals surface area contributed by atoms with Crippen LogP contribution in [0.5, 0.6) is 0 Å². The Morgan fingerprint density at radius 2 is 1.57 bits per heavy atom. The van der Waals surface area contributed by atoms with Crippen molar-refractivity contribution >= 4 is 0 Å². The molecule has 0 saturated heterocycles. The molecule has 0 rings (SSSR count). The van der Waals surface area contributed by atoms with Gasteiger partial charge in [0.05, 0.1) is 6.54 Å². The first kappa shape index (κ1) is 13.7. The molecule has 0 saturated carbocycles. The van der Waals surface area contributed by atoms with Gasteiger partial charge in [-0.05, 0) is 27.9 Å². The van der Waals surface area contributed by atoms with Crippen molar-refractivity contribution in [3.8, 4) is 0 Å². The van der Waals surface area contributed by atoms with Crippen molar-refractivity contribution in [3.05, 3.63) is 0 Å². The summed E-state index contributed by atoms with van der Waals surface area (Å²) in [6, 6.07) is 0.370. The predicted molar refractivity (Wildman–Crippen MR) is 51.3 cm³/mol. The number of halogens is 3. The van der Waals surface area contributed by atoms with E-state index < -0.39 is 12.7 Å². The van der Waals surface area contributed by atoms with E-state index >= 15 is 0 Å². The van der Waals surface area contributed by atoms with Gasteiger partial charge in [0, 0.05) is 19.1 Å². The first-order valence-corrected chi connectivity index (χ1v) is 4.68. The van der Waals surface area contributed by atoms with E-state index in [2.05, 4.69) is 0 Å². The second-order valence-corrected chi connectivity index (χ2v) is 3.93. The fourth-order valence-corrected chi connectivity index (χ4v) is 0.972. The summed E-state index contributed by atoms with van der Waals surface area (Å²) in [5, 5.41) is 0. The molecule has 0 aliphatic carbocycles. The van der Waals surface area contributed by atoms with Gasteiger partial charge in [0.25, 0.3) is 0 Å². The van der Waals surface area contributed by atoms with Gasteiger partial charge in [-0.1, -0.05) is 0 Å². The third-order valence-electron chi connectivity index (χ3n) is 2.17. The minimum Gasteiger partial charge on any atom is -0.303 e. The van der Waals surface area contributed by atoms with Crippen LogP contribution < -0.4 is 0 Å². The van der Waals surface area contributed by atoms with E-state index in [0.717, 1.165) is 0 Å². The van der Waals surface area contributed by atoms with E-state index in [1.807, 2.05) is 25.8 Å². The molecule has 0 spiro atoms.